The first-order valence-corrected chi connectivity index (χ1v) is 9.53. The lowest BCUT2D eigenvalue weighted by atomic mass is 10.1. The number of morpholine rings is 1. The molecule has 7 nitrogen and oxygen atoms in total. The van der Waals surface area contributed by atoms with E-state index in [1.807, 2.05) is 12.1 Å². The van der Waals surface area contributed by atoms with Crippen molar-refractivity contribution in [2.45, 2.75) is 19.4 Å². The minimum atomic E-state index is 0.00721. The van der Waals surface area contributed by atoms with Crippen molar-refractivity contribution in [3.05, 3.63) is 51.4 Å². The molecule has 1 aromatic carbocycles. The fraction of sp³-hybridized carbons (Fsp3) is 0.500. The summed E-state index contributed by atoms with van der Waals surface area (Å²) in [5.74, 6) is 1.55. The van der Waals surface area contributed by atoms with Gasteiger partial charge in [0.2, 0.25) is 5.95 Å². The number of H-pyrrole nitrogens is 1. The van der Waals surface area contributed by atoms with E-state index in [0.717, 1.165) is 62.6 Å². The number of fused-ring (bicyclic) bond motifs is 1. The van der Waals surface area contributed by atoms with Crippen molar-refractivity contribution in [3.8, 4) is 5.75 Å². The number of anilines is 1. The lowest BCUT2D eigenvalue weighted by Crippen LogP contribution is -2.38. The van der Waals surface area contributed by atoms with Crippen LogP contribution in [0.4, 0.5) is 5.95 Å². The van der Waals surface area contributed by atoms with Crippen molar-refractivity contribution in [2.24, 2.45) is 0 Å². The number of aromatic nitrogens is 2. The molecule has 0 spiro atoms. The number of hydrogen-bond acceptors (Lipinski definition) is 6. The number of benzene rings is 1. The molecular weight excluding hydrogens is 344 g/mol. The molecule has 1 saturated heterocycles. The average molecular weight is 370 g/mol. The molecule has 2 aromatic rings. The summed E-state index contributed by atoms with van der Waals surface area (Å²) in [6.45, 7) is 5.52. The highest BCUT2D eigenvalue weighted by atomic mass is 16.5. The summed E-state index contributed by atoms with van der Waals surface area (Å²) in [7, 11) is 1.68. The van der Waals surface area contributed by atoms with Crippen LogP contribution in [0.25, 0.3) is 0 Å². The second-order valence-electron chi connectivity index (χ2n) is 7.04. The largest absolute Gasteiger partial charge is 0.497 e. The Kier molecular flexibility index (Phi) is 5.40. The highest BCUT2D eigenvalue weighted by Gasteiger charge is 2.21. The fourth-order valence-corrected chi connectivity index (χ4v) is 3.71. The van der Waals surface area contributed by atoms with Crippen LogP contribution in [-0.2, 0) is 24.1 Å². The van der Waals surface area contributed by atoms with Gasteiger partial charge in [-0.15, -0.1) is 0 Å². The summed E-state index contributed by atoms with van der Waals surface area (Å²) in [5.41, 5.74) is 3.03. The Balaban J connectivity index is 1.47. The van der Waals surface area contributed by atoms with Gasteiger partial charge in [-0.3, -0.25) is 14.7 Å². The maximum absolute atomic E-state index is 12.6. The Hall–Kier alpha value is -2.38. The van der Waals surface area contributed by atoms with Crippen molar-refractivity contribution in [3.63, 3.8) is 0 Å². The first kappa shape index (κ1) is 18.0. The van der Waals surface area contributed by atoms with Gasteiger partial charge >= 0.3 is 0 Å². The van der Waals surface area contributed by atoms with Gasteiger partial charge in [0, 0.05) is 44.7 Å². The molecular formula is C20H26N4O3. The quantitative estimate of drug-likeness (QED) is 0.873. The van der Waals surface area contributed by atoms with Gasteiger partial charge < -0.3 is 14.4 Å². The highest BCUT2D eigenvalue weighted by Crippen LogP contribution is 2.18. The minimum absolute atomic E-state index is 0.00721. The molecule has 2 aliphatic heterocycles. The van der Waals surface area contributed by atoms with Gasteiger partial charge in [0.1, 0.15) is 5.75 Å². The molecule has 0 radical (unpaired) electrons. The number of aromatic amines is 1. The lowest BCUT2D eigenvalue weighted by molar-refractivity contribution is 0.122. The van der Waals surface area contributed by atoms with Crippen LogP contribution in [0.5, 0.6) is 5.75 Å². The highest BCUT2D eigenvalue weighted by molar-refractivity contribution is 5.34. The van der Waals surface area contributed by atoms with Crippen LogP contribution in [0.2, 0.25) is 0 Å². The molecule has 0 unspecified atom stereocenters. The number of nitrogens with zero attached hydrogens (tertiary/aromatic N) is 3. The molecule has 7 heteroatoms. The van der Waals surface area contributed by atoms with Gasteiger partial charge in [-0.25, -0.2) is 4.98 Å². The van der Waals surface area contributed by atoms with E-state index in [-0.39, 0.29) is 5.56 Å². The van der Waals surface area contributed by atoms with Gasteiger partial charge in [-0.05, 0) is 24.1 Å². The molecule has 0 bridgehead atoms. The van der Waals surface area contributed by atoms with Crippen molar-refractivity contribution >= 4 is 5.95 Å². The van der Waals surface area contributed by atoms with Gasteiger partial charge in [0.25, 0.3) is 5.56 Å². The summed E-state index contributed by atoms with van der Waals surface area (Å²) in [6.07, 6.45) is 1.53. The zero-order valence-electron chi connectivity index (χ0n) is 15.7. The molecule has 4 rings (SSSR count). The summed E-state index contributed by atoms with van der Waals surface area (Å²) in [5, 5.41) is 0. The molecule has 144 valence electrons. The third-order valence-corrected chi connectivity index (χ3v) is 5.31. The van der Waals surface area contributed by atoms with E-state index in [4.69, 9.17) is 14.5 Å². The molecule has 0 atom stereocenters. The normalized spacial score (nSPS) is 18.0. The molecule has 1 fully saturated rings. The van der Waals surface area contributed by atoms with Gasteiger partial charge in [-0.2, -0.15) is 0 Å². The Labute approximate surface area is 158 Å². The zero-order valence-corrected chi connectivity index (χ0v) is 15.7. The maximum Gasteiger partial charge on any atom is 0.255 e. The standard InChI is InChI=1S/C20H26N4O3/c1-26-16-4-2-15(3-5-16)14-23-8-6-17-18(7-9-23)21-20(22-19(17)25)24-10-12-27-13-11-24/h2-5H,6-14H2,1H3,(H,21,22,25). The summed E-state index contributed by atoms with van der Waals surface area (Å²) < 4.78 is 10.6. The first-order valence-electron chi connectivity index (χ1n) is 9.53. The van der Waals surface area contributed by atoms with Crippen LogP contribution in [-0.4, -0.2) is 61.4 Å². The Bertz CT molecular complexity index is 828. The van der Waals surface area contributed by atoms with E-state index in [0.29, 0.717) is 19.2 Å². The van der Waals surface area contributed by atoms with Gasteiger partial charge in [-0.1, -0.05) is 12.1 Å². The van der Waals surface area contributed by atoms with E-state index in [9.17, 15) is 4.79 Å². The second kappa shape index (κ2) is 8.10. The van der Waals surface area contributed by atoms with E-state index in [1.165, 1.54) is 5.56 Å². The Morgan fingerprint density at radius 3 is 2.59 bits per heavy atom. The van der Waals surface area contributed by atoms with Crippen LogP contribution in [0.3, 0.4) is 0 Å². The lowest BCUT2D eigenvalue weighted by Gasteiger charge is -2.27. The van der Waals surface area contributed by atoms with Gasteiger partial charge in [0.05, 0.1) is 26.0 Å². The third kappa shape index (κ3) is 4.14. The first-order chi connectivity index (χ1) is 13.2. The zero-order chi connectivity index (χ0) is 18.6. The van der Waals surface area contributed by atoms with Crippen molar-refractivity contribution in [1.29, 1.82) is 0 Å². The number of hydrogen-bond donors (Lipinski definition) is 1. The summed E-state index contributed by atoms with van der Waals surface area (Å²) in [4.78, 5) is 24.9. The topological polar surface area (TPSA) is 70.7 Å². The molecule has 0 amide bonds. The predicted molar refractivity (Wildman–Crippen MR) is 104 cm³/mol. The van der Waals surface area contributed by atoms with Gasteiger partial charge in [0.15, 0.2) is 0 Å². The third-order valence-electron chi connectivity index (χ3n) is 5.31. The Morgan fingerprint density at radius 2 is 1.85 bits per heavy atom. The molecule has 1 aromatic heterocycles. The summed E-state index contributed by atoms with van der Waals surface area (Å²) >= 11 is 0. The number of ether oxygens (including phenoxy) is 2. The van der Waals surface area contributed by atoms with E-state index < -0.39 is 0 Å². The monoisotopic (exact) mass is 370 g/mol. The SMILES string of the molecule is COc1ccc(CN2CCc3nc(N4CCOCC4)[nH]c(=O)c3CC2)cc1. The van der Waals surface area contributed by atoms with Crippen LogP contribution in [0, 0.1) is 0 Å². The number of nitrogens with one attached hydrogen (secondary N) is 1. The van der Waals surface area contributed by atoms with Crippen molar-refractivity contribution < 1.29 is 9.47 Å². The molecule has 27 heavy (non-hydrogen) atoms. The van der Waals surface area contributed by atoms with Crippen LogP contribution in [0.1, 0.15) is 16.8 Å². The molecule has 2 aliphatic rings. The second-order valence-corrected chi connectivity index (χ2v) is 7.04. The van der Waals surface area contributed by atoms with Crippen LogP contribution >= 0.6 is 0 Å². The Morgan fingerprint density at radius 1 is 1.11 bits per heavy atom. The molecule has 3 heterocycles. The maximum atomic E-state index is 12.6. The number of rotatable bonds is 4. The van der Waals surface area contributed by atoms with Crippen LogP contribution in [0.15, 0.2) is 29.1 Å². The van der Waals surface area contributed by atoms with E-state index in [1.54, 1.807) is 7.11 Å². The van der Waals surface area contributed by atoms with E-state index in [2.05, 4.69) is 26.9 Å². The van der Waals surface area contributed by atoms with Crippen molar-refractivity contribution in [1.82, 2.24) is 14.9 Å². The average Bonchev–Trinajstić information content (AvgIpc) is 2.92. The smallest absolute Gasteiger partial charge is 0.255 e. The van der Waals surface area contributed by atoms with E-state index >= 15 is 0 Å². The molecule has 1 N–H and O–H groups in total. The fourth-order valence-electron chi connectivity index (χ4n) is 3.71. The summed E-state index contributed by atoms with van der Waals surface area (Å²) in [6, 6.07) is 8.17. The molecule has 0 saturated carbocycles. The predicted octanol–water partition coefficient (Wildman–Crippen LogP) is 1.22. The molecule has 0 aliphatic carbocycles. The van der Waals surface area contributed by atoms with Crippen LogP contribution < -0.4 is 15.2 Å². The minimum Gasteiger partial charge on any atom is -0.497 e. The van der Waals surface area contributed by atoms with Crippen molar-refractivity contribution in [2.75, 3.05) is 51.4 Å². The number of methoxy groups -OCH3 is 1.